The van der Waals surface area contributed by atoms with Gasteiger partial charge in [-0.15, -0.1) is 12.4 Å². The van der Waals surface area contributed by atoms with Crippen LogP contribution in [0.1, 0.15) is 15.9 Å². The lowest BCUT2D eigenvalue weighted by molar-refractivity contribution is 0.102. The number of amides is 1. The Morgan fingerprint density at radius 3 is 2.45 bits per heavy atom. The number of benzene rings is 2. The van der Waals surface area contributed by atoms with Crippen LogP contribution in [0.15, 0.2) is 42.5 Å². The van der Waals surface area contributed by atoms with Gasteiger partial charge < -0.3 is 15.8 Å². The maximum absolute atomic E-state index is 12.0. The standard InChI is InChI=1S/C15H16N2O2.ClH/c1-10-8-12(16)13(9-14(10)19-2)17-15(18)11-6-4-3-5-7-11;/h3-9H,16H2,1-2H3,(H,17,18);1H. The first-order valence-electron chi connectivity index (χ1n) is 5.92. The van der Waals surface area contributed by atoms with Crippen LogP contribution in [0.25, 0.3) is 0 Å². The molecule has 0 aromatic heterocycles. The van der Waals surface area contributed by atoms with Crippen LogP contribution >= 0.6 is 12.4 Å². The van der Waals surface area contributed by atoms with Gasteiger partial charge in [0.15, 0.2) is 0 Å². The number of carbonyl (C=O) groups is 1. The molecule has 0 saturated carbocycles. The molecule has 106 valence electrons. The highest BCUT2D eigenvalue weighted by Gasteiger charge is 2.10. The molecule has 0 bridgehead atoms. The lowest BCUT2D eigenvalue weighted by atomic mass is 10.1. The second-order valence-corrected chi connectivity index (χ2v) is 4.23. The molecule has 0 radical (unpaired) electrons. The number of nitrogens with one attached hydrogen (secondary N) is 1. The van der Waals surface area contributed by atoms with E-state index in [4.69, 9.17) is 10.5 Å². The van der Waals surface area contributed by atoms with Crippen LogP contribution in [0.4, 0.5) is 11.4 Å². The average Bonchev–Trinajstić information content (AvgIpc) is 2.42. The normalized spacial score (nSPS) is 9.50. The van der Waals surface area contributed by atoms with Crippen molar-refractivity contribution in [1.82, 2.24) is 0 Å². The van der Waals surface area contributed by atoms with E-state index in [-0.39, 0.29) is 18.3 Å². The van der Waals surface area contributed by atoms with Gasteiger partial charge in [-0.1, -0.05) is 18.2 Å². The Morgan fingerprint density at radius 1 is 1.20 bits per heavy atom. The molecule has 0 heterocycles. The summed E-state index contributed by atoms with van der Waals surface area (Å²) >= 11 is 0. The zero-order valence-electron chi connectivity index (χ0n) is 11.3. The van der Waals surface area contributed by atoms with Gasteiger partial charge in [-0.25, -0.2) is 0 Å². The summed E-state index contributed by atoms with van der Waals surface area (Å²) in [6.45, 7) is 1.90. The fourth-order valence-electron chi connectivity index (χ4n) is 1.82. The predicted octanol–water partition coefficient (Wildman–Crippen LogP) is 3.26. The number of halogens is 1. The van der Waals surface area contributed by atoms with Gasteiger partial charge in [0.05, 0.1) is 18.5 Å². The van der Waals surface area contributed by atoms with Crippen LogP contribution in [0, 0.1) is 6.92 Å². The number of ether oxygens (including phenoxy) is 1. The van der Waals surface area contributed by atoms with Crippen LogP contribution < -0.4 is 15.8 Å². The van der Waals surface area contributed by atoms with Gasteiger partial charge in [-0.05, 0) is 30.7 Å². The quantitative estimate of drug-likeness (QED) is 0.854. The number of nitrogen functional groups attached to an aromatic ring is 1. The van der Waals surface area contributed by atoms with E-state index in [1.807, 2.05) is 25.1 Å². The Hall–Kier alpha value is -2.20. The van der Waals surface area contributed by atoms with E-state index in [1.165, 1.54) is 0 Å². The summed E-state index contributed by atoms with van der Waals surface area (Å²) in [4.78, 5) is 12.0. The fraction of sp³-hybridized carbons (Fsp3) is 0.133. The number of aryl methyl sites for hydroxylation is 1. The van der Waals surface area contributed by atoms with Gasteiger partial charge in [0, 0.05) is 11.6 Å². The number of anilines is 2. The van der Waals surface area contributed by atoms with E-state index in [0.717, 1.165) is 5.56 Å². The van der Waals surface area contributed by atoms with Crippen molar-refractivity contribution in [3.63, 3.8) is 0 Å². The molecular formula is C15H17ClN2O2. The Labute approximate surface area is 124 Å². The molecule has 2 aromatic rings. The van der Waals surface area contributed by atoms with Gasteiger partial charge >= 0.3 is 0 Å². The molecule has 0 aliphatic heterocycles. The van der Waals surface area contributed by atoms with Crippen molar-refractivity contribution in [2.24, 2.45) is 0 Å². The van der Waals surface area contributed by atoms with Crippen molar-refractivity contribution < 1.29 is 9.53 Å². The van der Waals surface area contributed by atoms with E-state index in [1.54, 1.807) is 31.4 Å². The molecule has 0 aliphatic rings. The van der Waals surface area contributed by atoms with Crippen molar-refractivity contribution in [3.05, 3.63) is 53.6 Å². The van der Waals surface area contributed by atoms with E-state index < -0.39 is 0 Å². The minimum absolute atomic E-state index is 0. The minimum Gasteiger partial charge on any atom is -0.496 e. The Morgan fingerprint density at radius 2 is 1.85 bits per heavy atom. The molecule has 4 nitrogen and oxygen atoms in total. The summed E-state index contributed by atoms with van der Waals surface area (Å²) in [6, 6.07) is 12.5. The maximum Gasteiger partial charge on any atom is 0.255 e. The number of methoxy groups -OCH3 is 1. The van der Waals surface area contributed by atoms with Gasteiger partial charge in [-0.2, -0.15) is 0 Å². The van der Waals surface area contributed by atoms with Gasteiger partial charge in [0.2, 0.25) is 0 Å². The first-order valence-corrected chi connectivity index (χ1v) is 5.92. The molecule has 0 aliphatic carbocycles. The minimum atomic E-state index is -0.196. The molecular weight excluding hydrogens is 276 g/mol. The van der Waals surface area contributed by atoms with Crippen LogP contribution in [0.2, 0.25) is 0 Å². The highest BCUT2D eigenvalue weighted by molar-refractivity contribution is 6.05. The molecule has 1 amide bonds. The summed E-state index contributed by atoms with van der Waals surface area (Å²) in [5.74, 6) is 0.496. The molecule has 0 atom stereocenters. The highest BCUT2D eigenvalue weighted by atomic mass is 35.5. The third-order valence-corrected chi connectivity index (χ3v) is 2.85. The Kier molecular flexibility index (Phi) is 5.41. The second-order valence-electron chi connectivity index (χ2n) is 4.23. The zero-order valence-corrected chi connectivity index (χ0v) is 12.2. The van der Waals surface area contributed by atoms with Crippen LogP contribution in [0.3, 0.4) is 0 Å². The summed E-state index contributed by atoms with van der Waals surface area (Å²) in [5.41, 5.74) is 8.48. The molecule has 0 unspecified atom stereocenters. The molecule has 2 rings (SSSR count). The molecule has 5 heteroatoms. The SMILES string of the molecule is COc1cc(NC(=O)c2ccccc2)c(N)cc1C.Cl. The Bertz CT molecular complexity index is 600. The van der Waals surface area contributed by atoms with E-state index in [9.17, 15) is 4.79 Å². The monoisotopic (exact) mass is 292 g/mol. The average molecular weight is 293 g/mol. The van der Waals surface area contributed by atoms with E-state index >= 15 is 0 Å². The third-order valence-electron chi connectivity index (χ3n) is 2.85. The summed E-state index contributed by atoms with van der Waals surface area (Å²) in [5, 5.41) is 2.78. The number of carbonyl (C=O) groups excluding carboxylic acids is 1. The Balaban J connectivity index is 0.00000200. The van der Waals surface area contributed by atoms with Crippen molar-refractivity contribution >= 4 is 29.7 Å². The fourth-order valence-corrected chi connectivity index (χ4v) is 1.82. The smallest absolute Gasteiger partial charge is 0.255 e. The predicted molar refractivity (Wildman–Crippen MR) is 83.8 cm³/mol. The molecule has 0 fully saturated rings. The number of hydrogen-bond donors (Lipinski definition) is 2. The maximum atomic E-state index is 12.0. The molecule has 0 saturated heterocycles. The number of nitrogens with two attached hydrogens (primary N) is 1. The lowest BCUT2D eigenvalue weighted by Gasteiger charge is -2.12. The molecule has 20 heavy (non-hydrogen) atoms. The summed E-state index contributed by atoms with van der Waals surface area (Å²) < 4.78 is 5.22. The second kappa shape index (κ2) is 6.82. The van der Waals surface area contributed by atoms with E-state index in [0.29, 0.717) is 22.7 Å². The van der Waals surface area contributed by atoms with Crippen LogP contribution in [-0.4, -0.2) is 13.0 Å². The number of hydrogen-bond acceptors (Lipinski definition) is 3. The number of rotatable bonds is 3. The van der Waals surface area contributed by atoms with Crippen LogP contribution in [-0.2, 0) is 0 Å². The van der Waals surface area contributed by atoms with Gasteiger partial charge in [-0.3, -0.25) is 4.79 Å². The first kappa shape index (κ1) is 15.9. The summed E-state index contributed by atoms with van der Waals surface area (Å²) in [6.07, 6.45) is 0. The lowest BCUT2D eigenvalue weighted by Crippen LogP contribution is -2.13. The van der Waals surface area contributed by atoms with Crippen molar-refractivity contribution in [2.45, 2.75) is 6.92 Å². The van der Waals surface area contributed by atoms with Gasteiger partial charge in [0.25, 0.3) is 5.91 Å². The zero-order chi connectivity index (χ0) is 13.8. The highest BCUT2D eigenvalue weighted by Crippen LogP contribution is 2.28. The molecule has 2 aromatic carbocycles. The molecule has 0 spiro atoms. The van der Waals surface area contributed by atoms with Crippen molar-refractivity contribution in [2.75, 3.05) is 18.2 Å². The summed E-state index contributed by atoms with van der Waals surface area (Å²) in [7, 11) is 1.58. The van der Waals surface area contributed by atoms with Crippen molar-refractivity contribution in [3.8, 4) is 5.75 Å². The third kappa shape index (κ3) is 3.42. The van der Waals surface area contributed by atoms with Crippen molar-refractivity contribution in [1.29, 1.82) is 0 Å². The molecule has 3 N–H and O–H groups in total. The van der Waals surface area contributed by atoms with E-state index in [2.05, 4.69) is 5.32 Å². The van der Waals surface area contributed by atoms with Gasteiger partial charge in [0.1, 0.15) is 5.75 Å². The first-order chi connectivity index (χ1) is 9.11. The largest absolute Gasteiger partial charge is 0.496 e. The van der Waals surface area contributed by atoms with Crippen LogP contribution in [0.5, 0.6) is 5.75 Å². The topological polar surface area (TPSA) is 64.3 Å².